The second-order valence-electron chi connectivity index (χ2n) is 6.55. The van der Waals surface area contributed by atoms with Crippen LogP contribution in [0.3, 0.4) is 0 Å². The van der Waals surface area contributed by atoms with Crippen molar-refractivity contribution in [2.45, 2.75) is 39.5 Å². The molecule has 1 fully saturated rings. The highest BCUT2D eigenvalue weighted by molar-refractivity contribution is 5.96. The standard InChI is InChI=1S/C18H24N2O4/c1-11(2)16(21)19-12-7-9-13(10-8-12)20-17(22)14-5-3-4-6-15(14)18(23)24/h7-11,14-15H,3-6H2,1-2H3,(H,19,21)(H,20,22)(H,23,24)/t14-,15+/m1/s1. The van der Waals surface area contributed by atoms with Crippen LogP contribution in [0.5, 0.6) is 0 Å². The highest BCUT2D eigenvalue weighted by Crippen LogP contribution is 2.31. The Kier molecular flexibility index (Phi) is 5.95. The Hall–Kier alpha value is -2.37. The Morgan fingerprint density at radius 2 is 1.46 bits per heavy atom. The minimum Gasteiger partial charge on any atom is -0.481 e. The van der Waals surface area contributed by atoms with E-state index in [1.807, 2.05) is 13.8 Å². The number of carbonyl (C=O) groups is 3. The summed E-state index contributed by atoms with van der Waals surface area (Å²) < 4.78 is 0. The zero-order valence-corrected chi connectivity index (χ0v) is 14.0. The number of hydrogen-bond donors (Lipinski definition) is 3. The van der Waals surface area contributed by atoms with E-state index >= 15 is 0 Å². The van der Waals surface area contributed by atoms with Gasteiger partial charge in [0.25, 0.3) is 0 Å². The minimum atomic E-state index is -0.901. The van der Waals surface area contributed by atoms with Crippen molar-refractivity contribution in [3.8, 4) is 0 Å². The molecule has 130 valence electrons. The number of aliphatic carboxylic acids is 1. The van der Waals surface area contributed by atoms with E-state index in [2.05, 4.69) is 10.6 Å². The summed E-state index contributed by atoms with van der Waals surface area (Å²) in [6.07, 6.45) is 2.88. The third-order valence-electron chi connectivity index (χ3n) is 4.36. The number of benzene rings is 1. The van der Waals surface area contributed by atoms with E-state index in [9.17, 15) is 19.5 Å². The van der Waals surface area contributed by atoms with Gasteiger partial charge in [-0.05, 0) is 37.1 Å². The van der Waals surface area contributed by atoms with Crippen LogP contribution in [-0.2, 0) is 14.4 Å². The average Bonchev–Trinajstić information content (AvgIpc) is 2.56. The van der Waals surface area contributed by atoms with Gasteiger partial charge < -0.3 is 15.7 Å². The van der Waals surface area contributed by atoms with Gasteiger partial charge in [-0.3, -0.25) is 14.4 Å². The molecule has 0 unspecified atom stereocenters. The normalized spacial score (nSPS) is 20.5. The molecular weight excluding hydrogens is 308 g/mol. The molecule has 0 heterocycles. The number of carbonyl (C=O) groups excluding carboxylic acids is 2. The Morgan fingerprint density at radius 3 is 1.96 bits per heavy atom. The largest absolute Gasteiger partial charge is 0.481 e. The van der Waals surface area contributed by atoms with Crippen LogP contribution in [0, 0.1) is 17.8 Å². The molecule has 1 aliphatic rings. The lowest BCUT2D eigenvalue weighted by atomic mass is 9.78. The first kappa shape index (κ1) is 18.0. The monoisotopic (exact) mass is 332 g/mol. The molecule has 0 spiro atoms. The fourth-order valence-electron chi connectivity index (χ4n) is 2.90. The first-order valence-electron chi connectivity index (χ1n) is 8.33. The van der Waals surface area contributed by atoms with Crippen molar-refractivity contribution in [3.05, 3.63) is 24.3 Å². The lowest BCUT2D eigenvalue weighted by molar-refractivity contribution is -0.147. The first-order valence-corrected chi connectivity index (χ1v) is 8.33. The number of rotatable bonds is 5. The maximum absolute atomic E-state index is 12.4. The van der Waals surface area contributed by atoms with Gasteiger partial charge in [0.15, 0.2) is 0 Å². The third-order valence-corrected chi connectivity index (χ3v) is 4.36. The van der Waals surface area contributed by atoms with E-state index < -0.39 is 17.8 Å². The van der Waals surface area contributed by atoms with E-state index in [4.69, 9.17) is 0 Å². The zero-order valence-electron chi connectivity index (χ0n) is 14.0. The van der Waals surface area contributed by atoms with Crippen molar-refractivity contribution in [3.63, 3.8) is 0 Å². The average molecular weight is 332 g/mol. The minimum absolute atomic E-state index is 0.0710. The highest BCUT2D eigenvalue weighted by atomic mass is 16.4. The Bertz CT molecular complexity index is 610. The molecule has 0 aromatic heterocycles. The van der Waals surface area contributed by atoms with Crippen LogP contribution in [0.1, 0.15) is 39.5 Å². The fourth-order valence-corrected chi connectivity index (χ4v) is 2.90. The highest BCUT2D eigenvalue weighted by Gasteiger charge is 2.35. The molecule has 0 saturated heterocycles. The second kappa shape index (κ2) is 7.95. The first-order chi connectivity index (χ1) is 11.4. The van der Waals surface area contributed by atoms with E-state index in [0.717, 1.165) is 12.8 Å². The van der Waals surface area contributed by atoms with Gasteiger partial charge in [-0.2, -0.15) is 0 Å². The fraction of sp³-hybridized carbons (Fsp3) is 0.500. The van der Waals surface area contributed by atoms with Gasteiger partial charge in [-0.25, -0.2) is 0 Å². The molecule has 1 saturated carbocycles. The van der Waals surface area contributed by atoms with Crippen LogP contribution in [0.2, 0.25) is 0 Å². The number of carboxylic acids is 1. The SMILES string of the molecule is CC(C)C(=O)Nc1ccc(NC(=O)[C@@H]2CCCC[C@@H]2C(=O)O)cc1. The van der Waals surface area contributed by atoms with Gasteiger partial charge in [0, 0.05) is 17.3 Å². The molecule has 6 nitrogen and oxygen atoms in total. The Labute approximate surface area is 141 Å². The van der Waals surface area contributed by atoms with Crippen molar-refractivity contribution in [2.24, 2.45) is 17.8 Å². The molecule has 0 bridgehead atoms. The molecule has 0 aliphatic heterocycles. The summed E-state index contributed by atoms with van der Waals surface area (Å²) in [5.74, 6) is -2.43. The molecule has 1 aliphatic carbocycles. The Balaban J connectivity index is 1.98. The summed E-state index contributed by atoms with van der Waals surface area (Å²) in [4.78, 5) is 35.3. The molecule has 2 amide bonds. The molecule has 1 aromatic carbocycles. The van der Waals surface area contributed by atoms with E-state index in [-0.39, 0.29) is 17.7 Å². The van der Waals surface area contributed by atoms with Crippen LogP contribution in [-0.4, -0.2) is 22.9 Å². The van der Waals surface area contributed by atoms with E-state index in [1.54, 1.807) is 24.3 Å². The molecule has 1 aromatic rings. The molecular formula is C18H24N2O4. The molecule has 6 heteroatoms. The number of hydrogen-bond acceptors (Lipinski definition) is 3. The van der Waals surface area contributed by atoms with Crippen LogP contribution in [0.4, 0.5) is 11.4 Å². The summed E-state index contributed by atoms with van der Waals surface area (Å²) in [7, 11) is 0. The number of anilines is 2. The summed E-state index contributed by atoms with van der Waals surface area (Å²) in [5.41, 5.74) is 1.25. The van der Waals surface area contributed by atoms with Gasteiger partial charge in [0.2, 0.25) is 11.8 Å². The number of nitrogens with one attached hydrogen (secondary N) is 2. The van der Waals surface area contributed by atoms with Gasteiger partial charge >= 0.3 is 5.97 Å². The van der Waals surface area contributed by atoms with Gasteiger partial charge in [0.05, 0.1) is 11.8 Å². The molecule has 2 rings (SSSR count). The topological polar surface area (TPSA) is 95.5 Å². The predicted molar refractivity (Wildman–Crippen MR) is 91.6 cm³/mol. The number of amides is 2. The predicted octanol–water partition coefficient (Wildman–Crippen LogP) is 3.11. The zero-order chi connectivity index (χ0) is 17.7. The smallest absolute Gasteiger partial charge is 0.307 e. The second-order valence-corrected chi connectivity index (χ2v) is 6.55. The van der Waals surface area contributed by atoms with Crippen molar-refractivity contribution in [1.82, 2.24) is 0 Å². The van der Waals surface area contributed by atoms with Gasteiger partial charge in [-0.1, -0.05) is 26.7 Å². The van der Waals surface area contributed by atoms with Crippen LogP contribution in [0.25, 0.3) is 0 Å². The molecule has 3 N–H and O–H groups in total. The lowest BCUT2D eigenvalue weighted by Gasteiger charge is -2.27. The third kappa shape index (κ3) is 4.57. The quantitative estimate of drug-likeness (QED) is 0.772. The van der Waals surface area contributed by atoms with Crippen molar-refractivity contribution < 1.29 is 19.5 Å². The van der Waals surface area contributed by atoms with Crippen LogP contribution in [0.15, 0.2) is 24.3 Å². The van der Waals surface area contributed by atoms with Crippen LogP contribution < -0.4 is 10.6 Å². The number of carboxylic acid groups (broad SMARTS) is 1. The molecule has 2 atom stereocenters. The van der Waals surface area contributed by atoms with E-state index in [0.29, 0.717) is 24.2 Å². The summed E-state index contributed by atoms with van der Waals surface area (Å²) in [6.45, 7) is 3.62. The summed E-state index contributed by atoms with van der Waals surface area (Å²) in [5, 5.41) is 14.8. The maximum atomic E-state index is 12.4. The van der Waals surface area contributed by atoms with Crippen molar-refractivity contribution >= 4 is 29.2 Å². The lowest BCUT2D eigenvalue weighted by Crippen LogP contribution is -2.36. The van der Waals surface area contributed by atoms with Gasteiger partial charge in [-0.15, -0.1) is 0 Å². The van der Waals surface area contributed by atoms with Crippen LogP contribution >= 0.6 is 0 Å². The maximum Gasteiger partial charge on any atom is 0.307 e. The van der Waals surface area contributed by atoms with Crippen molar-refractivity contribution in [1.29, 1.82) is 0 Å². The Morgan fingerprint density at radius 1 is 0.958 bits per heavy atom. The molecule has 24 heavy (non-hydrogen) atoms. The summed E-state index contributed by atoms with van der Waals surface area (Å²) >= 11 is 0. The summed E-state index contributed by atoms with van der Waals surface area (Å²) in [6, 6.07) is 6.83. The molecule has 0 radical (unpaired) electrons. The van der Waals surface area contributed by atoms with E-state index in [1.165, 1.54) is 0 Å². The van der Waals surface area contributed by atoms with Crippen molar-refractivity contribution in [2.75, 3.05) is 10.6 Å². The van der Waals surface area contributed by atoms with Gasteiger partial charge in [0.1, 0.15) is 0 Å².